The van der Waals surface area contributed by atoms with Crippen LogP contribution >= 0.6 is 0 Å². The number of benzene rings is 2. The third-order valence-corrected chi connectivity index (χ3v) is 6.18. The molecule has 0 saturated heterocycles. The van der Waals surface area contributed by atoms with Crippen LogP contribution in [0.1, 0.15) is 24.5 Å². The lowest BCUT2D eigenvalue weighted by Crippen LogP contribution is -2.42. The Balaban J connectivity index is 2.20. The highest BCUT2D eigenvalue weighted by atomic mass is 32.2. The summed E-state index contributed by atoms with van der Waals surface area (Å²) in [5, 5.41) is 0. The summed E-state index contributed by atoms with van der Waals surface area (Å²) in [5.41, 5.74) is 0.136. The molecule has 0 amide bonds. The molecule has 1 aliphatic heterocycles. The molecule has 0 bridgehead atoms. The molecule has 3 rings (SSSR count). The van der Waals surface area contributed by atoms with Crippen molar-refractivity contribution in [1.29, 1.82) is 0 Å². The summed E-state index contributed by atoms with van der Waals surface area (Å²) in [6.07, 6.45) is -3.48. The van der Waals surface area contributed by atoms with Gasteiger partial charge in [0.2, 0.25) is 0 Å². The van der Waals surface area contributed by atoms with E-state index in [1.165, 1.54) is 12.1 Å². The quantitative estimate of drug-likeness (QED) is 0.808. The van der Waals surface area contributed by atoms with E-state index in [-0.39, 0.29) is 0 Å². The number of alkyl halides is 3. The van der Waals surface area contributed by atoms with Gasteiger partial charge in [0, 0.05) is 6.04 Å². The number of hydrogen-bond acceptors (Lipinski definition) is 2. The predicted molar refractivity (Wildman–Crippen MR) is 85.3 cm³/mol. The molecule has 0 N–H and O–H groups in total. The predicted octanol–water partition coefficient (Wildman–Crippen LogP) is 4.24. The second-order valence-corrected chi connectivity index (χ2v) is 7.59. The largest absolute Gasteiger partial charge is 0.417 e. The van der Waals surface area contributed by atoms with Crippen LogP contribution in [-0.2, 0) is 22.6 Å². The third-order valence-electron chi connectivity index (χ3n) is 4.19. The van der Waals surface area contributed by atoms with Gasteiger partial charge in [-0.1, -0.05) is 30.3 Å². The molecule has 1 heterocycles. The van der Waals surface area contributed by atoms with Gasteiger partial charge in [0.25, 0.3) is 10.0 Å². The number of hydrogen-bond donors (Lipinski definition) is 0. The van der Waals surface area contributed by atoms with Gasteiger partial charge in [0.05, 0.1) is 16.1 Å². The van der Waals surface area contributed by atoms with Crippen molar-refractivity contribution < 1.29 is 21.6 Å². The maximum atomic E-state index is 13.3. The van der Waals surface area contributed by atoms with Crippen LogP contribution < -0.4 is 4.31 Å². The van der Waals surface area contributed by atoms with Gasteiger partial charge in [-0.05, 0) is 43.5 Å². The topological polar surface area (TPSA) is 37.4 Å². The third kappa shape index (κ3) is 2.77. The maximum absolute atomic E-state index is 13.3. The van der Waals surface area contributed by atoms with Gasteiger partial charge >= 0.3 is 6.18 Å². The Morgan fingerprint density at radius 1 is 1.04 bits per heavy atom. The molecule has 3 nitrogen and oxygen atoms in total. The standard InChI is InChI=1S/C17H16F3NO2S/c1-12-10-11-13-6-2-4-8-15(13)21(12)24(22,23)16-9-5-3-7-14(16)17(18,19)20/h2-9,12H,10-11H2,1H3. The maximum Gasteiger partial charge on any atom is 0.417 e. The zero-order valence-corrected chi connectivity index (χ0v) is 13.7. The lowest BCUT2D eigenvalue weighted by atomic mass is 9.99. The van der Waals surface area contributed by atoms with Gasteiger partial charge in [-0.2, -0.15) is 13.2 Å². The summed E-state index contributed by atoms with van der Waals surface area (Å²) in [5.74, 6) is 0. The Morgan fingerprint density at radius 2 is 1.67 bits per heavy atom. The first-order valence-electron chi connectivity index (χ1n) is 7.51. The lowest BCUT2D eigenvalue weighted by Gasteiger charge is -2.36. The number of halogens is 3. The van der Waals surface area contributed by atoms with E-state index in [0.29, 0.717) is 18.5 Å². The molecule has 24 heavy (non-hydrogen) atoms. The molecule has 0 saturated carbocycles. The van der Waals surface area contributed by atoms with E-state index < -0.39 is 32.7 Å². The monoisotopic (exact) mass is 355 g/mol. The van der Waals surface area contributed by atoms with Gasteiger partial charge < -0.3 is 0 Å². The van der Waals surface area contributed by atoms with Crippen molar-refractivity contribution in [2.75, 3.05) is 4.31 Å². The molecule has 0 aliphatic carbocycles. The van der Waals surface area contributed by atoms with Crippen LogP contribution in [0.2, 0.25) is 0 Å². The zero-order chi connectivity index (χ0) is 17.5. The summed E-state index contributed by atoms with van der Waals surface area (Å²) in [6, 6.07) is 10.8. The first-order valence-corrected chi connectivity index (χ1v) is 8.95. The van der Waals surface area contributed by atoms with E-state index in [0.717, 1.165) is 22.0 Å². The van der Waals surface area contributed by atoms with Crippen LogP contribution in [0.15, 0.2) is 53.4 Å². The molecule has 0 fully saturated rings. The molecule has 0 spiro atoms. The van der Waals surface area contributed by atoms with Crippen LogP contribution in [0.25, 0.3) is 0 Å². The minimum absolute atomic E-state index is 0.411. The van der Waals surface area contributed by atoms with Crippen LogP contribution in [0.4, 0.5) is 18.9 Å². The number of para-hydroxylation sites is 1. The van der Waals surface area contributed by atoms with Crippen LogP contribution in [0.5, 0.6) is 0 Å². The van der Waals surface area contributed by atoms with E-state index >= 15 is 0 Å². The minimum Gasteiger partial charge on any atom is -0.263 e. The Hall–Kier alpha value is -2.02. The second-order valence-electron chi connectivity index (χ2n) is 5.81. The second kappa shape index (κ2) is 5.81. The van der Waals surface area contributed by atoms with Gasteiger partial charge in [-0.3, -0.25) is 4.31 Å². The Morgan fingerprint density at radius 3 is 2.38 bits per heavy atom. The molecule has 128 valence electrons. The van der Waals surface area contributed by atoms with Crippen molar-refractivity contribution in [3.05, 3.63) is 59.7 Å². The number of fused-ring (bicyclic) bond motifs is 1. The fourth-order valence-electron chi connectivity index (χ4n) is 3.05. The van der Waals surface area contributed by atoms with Crippen LogP contribution in [-0.4, -0.2) is 14.5 Å². The molecular formula is C17H16F3NO2S. The number of rotatable bonds is 2. The fraction of sp³-hybridized carbons (Fsp3) is 0.294. The highest BCUT2D eigenvalue weighted by molar-refractivity contribution is 7.93. The SMILES string of the molecule is CC1CCc2ccccc2N1S(=O)(=O)c1ccccc1C(F)(F)F. The molecule has 0 radical (unpaired) electrons. The Kier molecular flexibility index (Phi) is 4.07. The van der Waals surface area contributed by atoms with Crippen molar-refractivity contribution in [3.63, 3.8) is 0 Å². The van der Waals surface area contributed by atoms with Gasteiger partial charge in [-0.15, -0.1) is 0 Å². The van der Waals surface area contributed by atoms with Gasteiger partial charge in [0.1, 0.15) is 0 Å². The zero-order valence-electron chi connectivity index (χ0n) is 12.9. The summed E-state index contributed by atoms with van der Waals surface area (Å²) in [6.45, 7) is 1.71. The molecule has 1 atom stereocenters. The van der Waals surface area contributed by atoms with E-state index in [2.05, 4.69) is 0 Å². The molecule has 1 aliphatic rings. The van der Waals surface area contributed by atoms with Crippen molar-refractivity contribution in [2.45, 2.75) is 36.9 Å². The molecule has 7 heteroatoms. The fourth-order valence-corrected chi connectivity index (χ4v) is 4.99. The molecule has 1 unspecified atom stereocenters. The van der Waals surface area contributed by atoms with Crippen molar-refractivity contribution in [2.24, 2.45) is 0 Å². The number of sulfonamides is 1. The first-order chi connectivity index (χ1) is 11.2. The van der Waals surface area contributed by atoms with E-state index in [4.69, 9.17) is 0 Å². The minimum atomic E-state index is -4.73. The summed E-state index contributed by atoms with van der Waals surface area (Å²) < 4.78 is 67.0. The molecule has 0 aromatic heterocycles. The summed E-state index contributed by atoms with van der Waals surface area (Å²) in [4.78, 5) is -0.707. The Bertz CT molecular complexity index is 862. The highest BCUT2D eigenvalue weighted by Gasteiger charge is 2.41. The molecular weight excluding hydrogens is 339 g/mol. The van der Waals surface area contributed by atoms with Gasteiger partial charge in [0.15, 0.2) is 0 Å². The number of aryl methyl sites for hydroxylation is 1. The molecule has 2 aromatic rings. The van der Waals surface area contributed by atoms with Crippen molar-refractivity contribution >= 4 is 15.7 Å². The Labute approximate surface area is 138 Å². The first kappa shape index (κ1) is 16.8. The smallest absolute Gasteiger partial charge is 0.263 e. The van der Waals surface area contributed by atoms with E-state index in [9.17, 15) is 21.6 Å². The number of nitrogens with zero attached hydrogens (tertiary/aromatic N) is 1. The normalized spacial score (nSPS) is 18.3. The van der Waals surface area contributed by atoms with E-state index in [1.54, 1.807) is 31.2 Å². The summed E-state index contributed by atoms with van der Waals surface area (Å²) >= 11 is 0. The van der Waals surface area contributed by atoms with Crippen molar-refractivity contribution in [3.8, 4) is 0 Å². The highest BCUT2D eigenvalue weighted by Crippen LogP contribution is 2.39. The lowest BCUT2D eigenvalue weighted by molar-refractivity contribution is -0.139. The molecule has 2 aromatic carbocycles. The van der Waals surface area contributed by atoms with E-state index in [1.807, 2.05) is 0 Å². The van der Waals surface area contributed by atoms with Crippen LogP contribution in [0.3, 0.4) is 0 Å². The van der Waals surface area contributed by atoms with Gasteiger partial charge in [-0.25, -0.2) is 8.42 Å². The van der Waals surface area contributed by atoms with Crippen molar-refractivity contribution in [1.82, 2.24) is 0 Å². The van der Waals surface area contributed by atoms with Crippen LogP contribution in [0, 0.1) is 0 Å². The summed E-state index contributed by atoms with van der Waals surface area (Å²) in [7, 11) is -4.33. The average Bonchev–Trinajstić information content (AvgIpc) is 2.53. The average molecular weight is 355 g/mol. The number of anilines is 1.